The third kappa shape index (κ3) is 6.43. The van der Waals surface area contributed by atoms with Gasteiger partial charge in [-0.1, -0.05) is 12.1 Å². The topological polar surface area (TPSA) is 108 Å². The van der Waals surface area contributed by atoms with Crippen LogP contribution in [0.3, 0.4) is 0 Å². The van der Waals surface area contributed by atoms with Crippen molar-refractivity contribution in [3.8, 4) is 6.07 Å². The molecule has 2 amide bonds. The van der Waals surface area contributed by atoms with Gasteiger partial charge in [-0.15, -0.1) is 0 Å². The highest BCUT2D eigenvalue weighted by atomic mass is 19.1. The van der Waals surface area contributed by atoms with Crippen LogP contribution >= 0.6 is 0 Å². The van der Waals surface area contributed by atoms with Crippen LogP contribution in [0.1, 0.15) is 42.2 Å². The van der Waals surface area contributed by atoms with E-state index in [2.05, 4.69) is 10.6 Å². The highest BCUT2D eigenvalue weighted by Gasteiger charge is 2.21. The number of nitrogens with zero attached hydrogens (tertiary/aromatic N) is 1. The van der Waals surface area contributed by atoms with Crippen molar-refractivity contribution in [1.82, 2.24) is 5.32 Å². The number of hydrogen-bond acceptors (Lipinski definition) is 5. The van der Waals surface area contributed by atoms with Gasteiger partial charge in [0.1, 0.15) is 12.2 Å². The van der Waals surface area contributed by atoms with E-state index in [9.17, 15) is 18.8 Å². The molecule has 2 atom stereocenters. The zero-order chi connectivity index (χ0) is 21.4. The first kappa shape index (κ1) is 21.6. The molecular formula is C21H20FN3O4. The number of benzene rings is 2. The molecule has 0 aromatic heterocycles. The Morgan fingerprint density at radius 3 is 2.28 bits per heavy atom. The Morgan fingerprint density at radius 2 is 1.69 bits per heavy atom. The lowest BCUT2D eigenvalue weighted by atomic mass is 10.1. The fraction of sp³-hybridized carbons (Fsp3) is 0.238. The average Bonchev–Trinajstić information content (AvgIpc) is 2.69. The number of halogens is 1. The number of amides is 2. The minimum Gasteiger partial charge on any atom is -0.449 e. The summed E-state index contributed by atoms with van der Waals surface area (Å²) in [4.78, 5) is 35.8. The standard InChI is InChI=1S/C21H20FN3O4/c1-13(15-3-7-17(22)8-4-15)24-20(27)14(2)29-21(28)16-5-9-18(10-6-16)25-19(26)11-12-23/h3-10,13-14H,11H2,1-2H3,(H,24,27)(H,25,26)/t13-,14+/m1/s1. The summed E-state index contributed by atoms with van der Waals surface area (Å²) in [6, 6.07) is 12.9. The van der Waals surface area contributed by atoms with Crippen LogP contribution in [0.2, 0.25) is 0 Å². The molecule has 2 rings (SSSR count). The maximum absolute atomic E-state index is 13.0. The van der Waals surface area contributed by atoms with Crippen LogP contribution in [0.15, 0.2) is 48.5 Å². The van der Waals surface area contributed by atoms with Gasteiger partial charge in [0.2, 0.25) is 5.91 Å². The van der Waals surface area contributed by atoms with Gasteiger partial charge in [0.15, 0.2) is 6.10 Å². The van der Waals surface area contributed by atoms with Crippen molar-refractivity contribution < 1.29 is 23.5 Å². The van der Waals surface area contributed by atoms with E-state index in [0.29, 0.717) is 11.3 Å². The van der Waals surface area contributed by atoms with Crippen molar-refractivity contribution in [2.45, 2.75) is 32.4 Å². The average molecular weight is 397 g/mol. The fourth-order valence-corrected chi connectivity index (χ4v) is 2.41. The molecule has 0 fully saturated rings. The molecule has 29 heavy (non-hydrogen) atoms. The minimum absolute atomic E-state index is 0.203. The maximum Gasteiger partial charge on any atom is 0.338 e. The summed E-state index contributed by atoms with van der Waals surface area (Å²) in [6.45, 7) is 3.18. The minimum atomic E-state index is -1.04. The van der Waals surface area contributed by atoms with E-state index in [1.165, 1.54) is 43.3 Å². The number of hydrogen-bond donors (Lipinski definition) is 2. The highest BCUT2D eigenvalue weighted by molar-refractivity contribution is 5.94. The summed E-state index contributed by atoms with van der Waals surface area (Å²) in [5.41, 5.74) is 1.35. The number of nitriles is 1. The third-order valence-electron chi connectivity index (χ3n) is 4.03. The molecule has 0 unspecified atom stereocenters. The molecule has 8 heteroatoms. The van der Waals surface area contributed by atoms with E-state index in [1.54, 1.807) is 25.1 Å². The largest absolute Gasteiger partial charge is 0.449 e. The van der Waals surface area contributed by atoms with Gasteiger partial charge in [-0.25, -0.2) is 9.18 Å². The van der Waals surface area contributed by atoms with Gasteiger partial charge < -0.3 is 15.4 Å². The molecular weight excluding hydrogens is 377 g/mol. The Morgan fingerprint density at radius 1 is 1.07 bits per heavy atom. The molecule has 0 aliphatic carbocycles. The summed E-state index contributed by atoms with van der Waals surface area (Å²) in [5, 5.41) is 13.7. The number of carbonyl (C=O) groups excluding carboxylic acids is 3. The van der Waals surface area contributed by atoms with Crippen molar-refractivity contribution in [3.05, 3.63) is 65.5 Å². The van der Waals surface area contributed by atoms with Crippen LogP contribution in [-0.4, -0.2) is 23.9 Å². The van der Waals surface area contributed by atoms with E-state index >= 15 is 0 Å². The monoisotopic (exact) mass is 397 g/mol. The molecule has 0 saturated carbocycles. The first-order valence-electron chi connectivity index (χ1n) is 8.84. The molecule has 0 aliphatic rings. The van der Waals surface area contributed by atoms with Gasteiger partial charge in [-0.2, -0.15) is 5.26 Å². The first-order valence-corrected chi connectivity index (χ1v) is 8.84. The Bertz CT molecular complexity index is 920. The van der Waals surface area contributed by atoms with Gasteiger partial charge in [-0.3, -0.25) is 9.59 Å². The van der Waals surface area contributed by atoms with E-state index in [0.717, 1.165) is 0 Å². The lowest BCUT2D eigenvalue weighted by Crippen LogP contribution is -2.37. The molecule has 2 N–H and O–H groups in total. The SMILES string of the molecule is C[C@H](OC(=O)c1ccc(NC(=O)CC#N)cc1)C(=O)N[C@H](C)c1ccc(F)cc1. The Kier molecular flexibility index (Phi) is 7.43. The quantitative estimate of drug-likeness (QED) is 0.698. The zero-order valence-corrected chi connectivity index (χ0v) is 15.9. The van der Waals surface area contributed by atoms with Crippen LogP contribution in [-0.2, 0) is 14.3 Å². The van der Waals surface area contributed by atoms with Crippen molar-refractivity contribution in [2.75, 3.05) is 5.32 Å². The lowest BCUT2D eigenvalue weighted by molar-refractivity contribution is -0.129. The summed E-state index contributed by atoms with van der Waals surface area (Å²) >= 11 is 0. The van der Waals surface area contributed by atoms with E-state index < -0.39 is 23.9 Å². The molecule has 0 heterocycles. The molecule has 0 aliphatic heterocycles. The number of ether oxygens (including phenoxy) is 1. The molecule has 2 aromatic carbocycles. The second-order valence-corrected chi connectivity index (χ2v) is 6.29. The first-order chi connectivity index (χ1) is 13.8. The van der Waals surface area contributed by atoms with Crippen LogP contribution in [0.4, 0.5) is 10.1 Å². The molecule has 2 aromatic rings. The van der Waals surface area contributed by atoms with Crippen molar-refractivity contribution in [2.24, 2.45) is 0 Å². The smallest absolute Gasteiger partial charge is 0.338 e. The summed E-state index contributed by atoms with van der Waals surface area (Å²) in [5.74, 6) is -2.01. The normalized spacial score (nSPS) is 12.2. The number of rotatable bonds is 7. The number of anilines is 1. The Balaban J connectivity index is 1.90. The van der Waals surface area contributed by atoms with Gasteiger partial charge >= 0.3 is 5.97 Å². The molecule has 7 nitrogen and oxygen atoms in total. The molecule has 0 bridgehead atoms. The van der Waals surface area contributed by atoms with Crippen LogP contribution in [0, 0.1) is 17.1 Å². The number of esters is 1. The molecule has 0 radical (unpaired) electrons. The van der Waals surface area contributed by atoms with E-state index in [4.69, 9.17) is 10.00 Å². The van der Waals surface area contributed by atoms with Gasteiger partial charge in [-0.05, 0) is 55.8 Å². The highest BCUT2D eigenvalue weighted by Crippen LogP contribution is 2.14. The second-order valence-electron chi connectivity index (χ2n) is 6.29. The fourth-order valence-electron chi connectivity index (χ4n) is 2.41. The predicted octanol–water partition coefficient (Wildman–Crippen LogP) is 3.10. The Hall–Kier alpha value is -3.73. The Labute approximate surface area is 167 Å². The third-order valence-corrected chi connectivity index (χ3v) is 4.03. The van der Waals surface area contributed by atoms with Crippen molar-refractivity contribution in [1.29, 1.82) is 5.26 Å². The number of carbonyl (C=O) groups is 3. The lowest BCUT2D eigenvalue weighted by Gasteiger charge is -2.18. The van der Waals surface area contributed by atoms with Crippen molar-refractivity contribution in [3.63, 3.8) is 0 Å². The maximum atomic E-state index is 13.0. The summed E-state index contributed by atoms with van der Waals surface area (Å²) < 4.78 is 18.2. The van der Waals surface area contributed by atoms with Crippen LogP contribution in [0.25, 0.3) is 0 Å². The van der Waals surface area contributed by atoms with Crippen LogP contribution in [0.5, 0.6) is 0 Å². The molecule has 0 spiro atoms. The number of nitrogens with one attached hydrogen (secondary N) is 2. The van der Waals surface area contributed by atoms with Gasteiger partial charge in [0.05, 0.1) is 17.7 Å². The van der Waals surface area contributed by atoms with Crippen molar-refractivity contribution >= 4 is 23.5 Å². The molecule has 150 valence electrons. The van der Waals surface area contributed by atoms with Gasteiger partial charge in [0.25, 0.3) is 5.91 Å². The zero-order valence-electron chi connectivity index (χ0n) is 15.9. The van der Waals surface area contributed by atoms with Gasteiger partial charge in [0, 0.05) is 5.69 Å². The molecule has 0 saturated heterocycles. The van der Waals surface area contributed by atoms with E-state index in [-0.39, 0.29) is 23.8 Å². The van der Waals surface area contributed by atoms with E-state index in [1.807, 2.05) is 0 Å². The second kappa shape index (κ2) is 9.99. The van der Waals surface area contributed by atoms with Crippen LogP contribution < -0.4 is 10.6 Å². The summed E-state index contributed by atoms with van der Waals surface area (Å²) in [6.07, 6.45) is -1.31. The predicted molar refractivity (Wildman–Crippen MR) is 103 cm³/mol. The summed E-state index contributed by atoms with van der Waals surface area (Å²) in [7, 11) is 0.